The fraction of sp³-hybridized carbons (Fsp3) is 0.636. The van der Waals surface area contributed by atoms with Gasteiger partial charge in [-0.25, -0.2) is 0 Å². The maximum atomic E-state index is 12.6. The van der Waals surface area contributed by atoms with Crippen LogP contribution in [-0.2, 0) is 4.79 Å². The van der Waals surface area contributed by atoms with Crippen LogP contribution in [0.15, 0.2) is 29.7 Å². The van der Waals surface area contributed by atoms with E-state index in [1.807, 2.05) is 12.1 Å². The molecule has 0 spiro atoms. The number of nitrogens with one attached hydrogen (secondary N) is 1. The second-order valence-corrected chi connectivity index (χ2v) is 9.37. The normalized spacial score (nSPS) is 23.1. The van der Waals surface area contributed by atoms with Crippen LogP contribution in [0.3, 0.4) is 0 Å². The molecular formula is C22H31N5OS. The van der Waals surface area contributed by atoms with Crippen molar-refractivity contribution in [2.45, 2.75) is 82.0 Å². The van der Waals surface area contributed by atoms with E-state index in [0.717, 1.165) is 35.8 Å². The van der Waals surface area contributed by atoms with Crippen molar-refractivity contribution in [3.05, 3.63) is 24.5 Å². The number of nitrogens with zero attached hydrogens (tertiary/aromatic N) is 4. The quantitative estimate of drug-likeness (QED) is 0.699. The summed E-state index contributed by atoms with van der Waals surface area (Å²) >= 11 is 1.52. The Morgan fingerprint density at radius 1 is 1.07 bits per heavy atom. The molecule has 2 aliphatic carbocycles. The van der Waals surface area contributed by atoms with Crippen molar-refractivity contribution in [3.8, 4) is 11.4 Å². The predicted molar refractivity (Wildman–Crippen MR) is 116 cm³/mol. The van der Waals surface area contributed by atoms with E-state index in [0.29, 0.717) is 23.8 Å². The number of pyridine rings is 1. The summed E-state index contributed by atoms with van der Waals surface area (Å²) in [6.07, 6.45) is 14.5. The zero-order chi connectivity index (χ0) is 20.1. The lowest BCUT2D eigenvalue weighted by Crippen LogP contribution is -2.41. The Morgan fingerprint density at radius 3 is 2.55 bits per heavy atom. The zero-order valence-corrected chi connectivity index (χ0v) is 18.0. The number of hydrogen-bond acceptors (Lipinski definition) is 5. The molecule has 2 aliphatic rings. The molecule has 4 rings (SSSR count). The van der Waals surface area contributed by atoms with Crippen LogP contribution in [0.4, 0.5) is 0 Å². The minimum absolute atomic E-state index is 0.109. The van der Waals surface area contributed by atoms with Crippen LogP contribution in [0.1, 0.15) is 70.8 Å². The molecule has 2 aromatic rings. The summed E-state index contributed by atoms with van der Waals surface area (Å²) in [4.78, 5) is 16.7. The van der Waals surface area contributed by atoms with E-state index < -0.39 is 0 Å². The van der Waals surface area contributed by atoms with Gasteiger partial charge in [-0.1, -0.05) is 50.8 Å². The number of hydrogen-bond donors (Lipinski definition) is 1. The van der Waals surface area contributed by atoms with Gasteiger partial charge in [0.25, 0.3) is 0 Å². The monoisotopic (exact) mass is 413 g/mol. The summed E-state index contributed by atoms with van der Waals surface area (Å²) in [5.41, 5.74) is 1.03. The fourth-order valence-corrected chi connectivity index (χ4v) is 5.47. The molecule has 156 valence electrons. The molecular weight excluding hydrogens is 382 g/mol. The lowest BCUT2D eigenvalue weighted by atomic mass is 9.86. The summed E-state index contributed by atoms with van der Waals surface area (Å²) in [6.45, 7) is 2.25. The van der Waals surface area contributed by atoms with Crippen LogP contribution in [0.2, 0.25) is 0 Å². The smallest absolute Gasteiger partial charge is 0.230 e. The molecule has 0 aromatic carbocycles. The molecule has 1 N–H and O–H groups in total. The molecule has 2 heterocycles. The van der Waals surface area contributed by atoms with Crippen LogP contribution < -0.4 is 5.32 Å². The summed E-state index contributed by atoms with van der Waals surface area (Å²) in [5, 5.41) is 13.1. The summed E-state index contributed by atoms with van der Waals surface area (Å²) in [7, 11) is 0. The molecule has 1 amide bonds. The molecule has 0 bridgehead atoms. The molecule has 6 nitrogen and oxygen atoms in total. The van der Waals surface area contributed by atoms with E-state index in [2.05, 4.69) is 32.0 Å². The van der Waals surface area contributed by atoms with Gasteiger partial charge >= 0.3 is 0 Å². The van der Waals surface area contributed by atoms with E-state index in [-0.39, 0.29) is 5.91 Å². The van der Waals surface area contributed by atoms with Gasteiger partial charge in [0.1, 0.15) is 0 Å². The van der Waals surface area contributed by atoms with Gasteiger partial charge in [0.2, 0.25) is 5.91 Å². The maximum Gasteiger partial charge on any atom is 0.230 e. The number of aromatic nitrogens is 4. The average Bonchev–Trinajstić information content (AvgIpc) is 3.19. The van der Waals surface area contributed by atoms with E-state index in [4.69, 9.17) is 0 Å². The fourth-order valence-electron chi connectivity index (χ4n) is 4.65. The molecule has 2 fully saturated rings. The van der Waals surface area contributed by atoms with Crippen LogP contribution in [0.5, 0.6) is 0 Å². The number of rotatable bonds is 6. The molecule has 29 heavy (non-hydrogen) atoms. The summed E-state index contributed by atoms with van der Waals surface area (Å²) in [5.74, 6) is 1.96. The number of amides is 1. The second kappa shape index (κ2) is 9.74. The topological polar surface area (TPSA) is 72.7 Å². The van der Waals surface area contributed by atoms with Gasteiger partial charge in [0.05, 0.1) is 5.75 Å². The average molecular weight is 414 g/mol. The lowest BCUT2D eigenvalue weighted by molar-refractivity contribution is -0.119. The van der Waals surface area contributed by atoms with E-state index >= 15 is 0 Å². The van der Waals surface area contributed by atoms with E-state index in [1.165, 1.54) is 50.3 Å². The Balaban J connectivity index is 1.48. The lowest BCUT2D eigenvalue weighted by Gasteiger charge is -2.29. The largest absolute Gasteiger partial charge is 0.352 e. The second-order valence-electron chi connectivity index (χ2n) is 8.43. The van der Waals surface area contributed by atoms with Crippen molar-refractivity contribution >= 4 is 17.7 Å². The van der Waals surface area contributed by atoms with Gasteiger partial charge < -0.3 is 5.32 Å². The van der Waals surface area contributed by atoms with Crippen molar-refractivity contribution in [1.29, 1.82) is 0 Å². The summed E-state index contributed by atoms with van der Waals surface area (Å²) in [6, 6.07) is 4.69. The number of carbonyl (C=O) groups excluding carboxylic acids is 1. The van der Waals surface area contributed by atoms with Crippen molar-refractivity contribution in [2.24, 2.45) is 5.92 Å². The first-order valence-corrected chi connectivity index (χ1v) is 12.0. The first-order valence-electron chi connectivity index (χ1n) is 11.0. The Kier molecular flexibility index (Phi) is 6.85. The molecule has 2 aromatic heterocycles. The third kappa shape index (κ3) is 5.00. The highest BCUT2D eigenvalue weighted by atomic mass is 32.2. The van der Waals surface area contributed by atoms with Gasteiger partial charge in [-0.3, -0.25) is 14.3 Å². The number of carbonyl (C=O) groups is 1. The van der Waals surface area contributed by atoms with Crippen molar-refractivity contribution in [1.82, 2.24) is 25.1 Å². The third-order valence-electron chi connectivity index (χ3n) is 6.33. The zero-order valence-electron chi connectivity index (χ0n) is 17.2. The molecule has 0 saturated heterocycles. The van der Waals surface area contributed by atoms with E-state index in [9.17, 15) is 4.79 Å². The third-order valence-corrected chi connectivity index (χ3v) is 7.28. The Morgan fingerprint density at radius 2 is 1.79 bits per heavy atom. The van der Waals surface area contributed by atoms with Gasteiger partial charge in [-0.2, -0.15) is 0 Å². The maximum absolute atomic E-state index is 12.6. The van der Waals surface area contributed by atoms with Gasteiger partial charge in [0.15, 0.2) is 11.0 Å². The molecule has 0 radical (unpaired) electrons. The predicted octanol–water partition coefficient (Wildman–Crippen LogP) is 4.63. The molecule has 2 atom stereocenters. The molecule has 0 aliphatic heterocycles. The minimum Gasteiger partial charge on any atom is -0.352 e. The Labute approximate surface area is 177 Å². The highest BCUT2D eigenvalue weighted by Crippen LogP contribution is 2.35. The number of thioether (sulfide) groups is 1. The van der Waals surface area contributed by atoms with Gasteiger partial charge in [-0.15, -0.1) is 10.2 Å². The summed E-state index contributed by atoms with van der Waals surface area (Å²) < 4.78 is 2.27. The molecule has 7 heteroatoms. The van der Waals surface area contributed by atoms with E-state index in [1.54, 1.807) is 12.4 Å². The van der Waals surface area contributed by atoms with Crippen LogP contribution in [0.25, 0.3) is 11.4 Å². The highest BCUT2D eigenvalue weighted by molar-refractivity contribution is 7.99. The Hall–Kier alpha value is -1.89. The van der Waals surface area contributed by atoms with Crippen LogP contribution in [0, 0.1) is 5.92 Å². The SMILES string of the molecule is CC1CCCCC1NC(=O)CSc1nnc(-c2ccncc2)n1C1CCCCC1. The molecule has 2 unspecified atom stereocenters. The van der Waals surface area contributed by atoms with Crippen molar-refractivity contribution in [2.75, 3.05) is 5.75 Å². The van der Waals surface area contributed by atoms with Crippen LogP contribution >= 0.6 is 11.8 Å². The van der Waals surface area contributed by atoms with Crippen LogP contribution in [-0.4, -0.2) is 37.5 Å². The highest BCUT2D eigenvalue weighted by Gasteiger charge is 2.26. The molecule has 2 saturated carbocycles. The van der Waals surface area contributed by atoms with Crippen molar-refractivity contribution < 1.29 is 4.79 Å². The first-order chi connectivity index (χ1) is 14.2. The minimum atomic E-state index is 0.109. The van der Waals surface area contributed by atoms with Gasteiger partial charge in [0, 0.05) is 30.0 Å². The standard InChI is InChI=1S/C22H31N5OS/c1-16-7-5-6-10-19(16)24-20(28)15-29-22-26-25-21(17-11-13-23-14-12-17)27(22)18-8-3-2-4-9-18/h11-14,16,18-19H,2-10,15H2,1H3,(H,24,28). The van der Waals surface area contributed by atoms with Gasteiger partial charge in [-0.05, 0) is 43.7 Å². The van der Waals surface area contributed by atoms with Crippen molar-refractivity contribution in [3.63, 3.8) is 0 Å². The first kappa shape index (κ1) is 20.4. The Bertz CT molecular complexity index is 803.